The molecule has 110 valence electrons. The van der Waals surface area contributed by atoms with Gasteiger partial charge in [0.2, 0.25) is 5.91 Å². The smallest absolute Gasteiger partial charge is 0.226 e. The molecule has 3 nitrogen and oxygen atoms in total. The van der Waals surface area contributed by atoms with Crippen LogP contribution in [0.25, 0.3) is 0 Å². The predicted octanol–water partition coefficient (Wildman–Crippen LogP) is 3.06. The van der Waals surface area contributed by atoms with E-state index >= 15 is 0 Å². The molecular weight excluding hydrogens is 323 g/mol. The summed E-state index contributed by atoms with van der Waals surface area (Å²) in [4.78, 5) is 14.2. The fraction of sp³-hybridized carbons (Fsp3) is 0.533. The fourth-order valence-corrected chi connectivity index (χ4v) is 3.12. The lowest BCUT2D eigenvalue weighted by Gasteiger charge is -2.24. The van der Waals surface area contributed by atoms with E-state index in [1.165, 1.54) is 6.07 Å². The maximum Gasteiger partial charge on any atom is 0.226 e. The molecule has 1 aromatic rings. The first-order chi connectivity index (χ1) is 9.51. The number of rotatable bonds is 4. The van der Waals surface area contributed by atoms with E-state index in [1.54, 1.807) is 17.0 Å². The van der Waals surface area contributed by atoms with E-state index in [2.05, 4.69) is 15.9 Å². The van der Waals surface area contributed by atoms with Gasteiger partial charge in [-0.1, -0.05) is 15.9 Å². The van der Waals surface area contributed by atoms with Crippen LogP contribution < -0.4 is 5.73 Å². The second-order valence-electron chi connectivity index (χ2n) is 5.36. The van der Waals surface area contributed by atoms with Gasteiger partial charge in [0.15, 0.2) is 0 Å². The van der Waals surface area contributed by atoms with Crippen molar-refractivity contribution < 1.29 is 9.18 Å². The van der Waals surface area contributed by atoms with Gasteiger partial charge >= 0.3 is 0 Å². The molecule has 0 radical (unpaired) electrons. The largest absolute Gasteiger partial charge is 0.338 e. The molecule has 5 heteroatoms. The second-order valence-corrected chi connectivity index (χ2v) is 6.27. The van der Waals surface area contributed by atoms with Gasteiger partial charge in [-0.3, -0.25) is 4.79 Å². The number of amides is 1. The number of benzene rings is 1. The molecule has 2 rings (SSSR count). The number of carbonyl (C=O) groups excluding carboxylic acids is 1. The molecule has 0 spiro atoms. The topological polar surface area (TPSA) is 46.3 Å². The SMILES string of the molecule is CCN(Cc1cc(Br)ccc1F)C(=O)C1CCC(N)C1. The van der Waals surface area contributed by atoms with Crippen LogP contribution in [0.4, 0.5) is 4.39 Å². The van der Waals surface area contributed by atoms with Crippen molar-refractivity contribution in [2.75, 3.05) is 6.54 Å². The minimum atomic E-state index is -0.275. The number of hydrogen-bond acceptors (Lipinski definition) is 2. The summed E-state index contributed by atoms with van der Waals surface area (Å²) in [5, 5.41) is 0. The van der Waals surface area contributed by atoms with Crippen molar-refractivity contribution in [2.24, 2.45) is 11.7 Å². The Balaban J connectivity index is 2.08. The maximum atomic E-state index is 13.8. The first-order valence-corrected chi connectivity index (χ1v) is 7.78. The van der Waals surface area contributed by atoms with Crippen LogP contribution in [0.2, 0.25) is 0 Å². The molecule has 1 aliphatic carbocycles. The summed E-state index contributed by atoms with van der Waals surface area (Å²) in [5.41, 5.74) is 6.40. The highest BCUT2D eigenvalue weighted by Crippen LogP contribution is 2.27. The Morgan fingerprint density at radius 1 is 1.50 bits per heavy atom. The van der Waals surface area contributed by atoms with Crippen molar-refractivity contribution in [3.05, 3.63) is 34.1 Å². The van der Waals surface area contributed by atoms with Gasteiger partial charge in [-0.05, 0) is 44.4 Å². The van der Waals surface area contributed by atoms with Crippen LogP contribution in [0.1, 0.15) is 31.7 Å². The summed E-state index contributed by atoms with van der Waals surface area (Å²) in [6.45, 7) is 2.81. The lowest BCUT2D eigenvalue weighted by Crippen LogP contribution is -2.35. The molecule has 1 aliphatic rings. The zero-order valence-electron chi connectivity index (χ0n) is 11.6. The highest BCUT2D eigenvalue weighted by molar-refractivity contribution is 9.10. The van der Waals surface area contributed by atoms with E-state index in [4.69, 9.17) is 5.73 Å². The van der Waals surface area contributed by atoms with Gasteiger partial charge in [0.05, 0.1) is 0 Å². The van der Waals surface area contributed by atoms with E-state index in [0.29, 0.717) is 18.7 Å². The van der Waals surface area contributed by atoms with Crippen molar-refractivity contribution in [3.8, 4) is 0 Å². The molecule has 2 unspecified atom stereocenters. The molecule has 2 N–H and O–H groups in total. The van der Waals surface area contributed by atoms with Crippen molar-refractivity contribution in [1.29, 1.82) is 0 Å². The van der Waals surface area contributed by atoms with Gasteiger partial charge < -0.3 is 10.6 Å². The molecule has 20 heavy (non-hydrogen) atoms. The molecule has 0 bridgehead atoms. The Kier molecular flexibility index (Phi) is 5.16. The molecule has 0 saturated heterocycles. The molecule has 1 amide bonds. The zero-order valence-corrected chi connectivity index (χ0v) is 13.2. The van der Waals surface area contributed by atoms with Gasteiger partial charge in [0.1, 0.15) is 5.82 Å². The van der Waals surface area contributed by atoms with Crippen LogP contribution in [0, 0.1) is 11.7 Å². The summed E-state index contributed by atoms with van der Waals surface area (Å²) >= 11 is 3.33. The number of nitrogens with two attached hydrogens (primary N) is 1. The van der Waals surface area contributed by atoms with Gasteiger partial charge in [-0.2, -0.15) is 0 Å². The third kappa shape index (κ3) is 3.58. The van der Waals surface area contributed by atoms with E-state index in [0.717, 1.165) is 23.7 Å². The summed E-state index contributed by atoms with van der Waals surface area (Å²) in [7, 11) is 0. The van der Waals surface area contributed by atoms with E-state index in [1.807, 2.05) is 6.92 Å². The van der Waals surface area contributed by atoms with Crippen LogP contribution in [0.5, 0.6) is 0 Å². The molecule has 0 aromatic heterocycles. The Bertz CT molecular complexity index is 495. The summed E-state index contributed by atoms with van der Waals surface area (Å²) < 4.78 is 14.6. The minimum absolute atomic E-state index is 0.000152. The highest BCUT2D eigenvalue weighted by atomic mass is 79.9. The monoisotopic (exact) mass is 342 g/mol. The maximum absolute atomic E-state index is 13.8. The molecule has 1 aromatic carbocycles. The summed E-state index contributed by atoms with van der Waals surface area (Å²) in [5.74, 6) is -0.178. The molecule has 0 aliphatic heterocycles. The minimum Gasteiger partial charge on any atom is -0.338 e. The van der Waals surface area contributed by atoms with E-state index < -0.39 is 0 Å². The molecule has 1 fully saturated rings. The van der Waals surface area contributed by atoms with Crippen LogP contribution in [0.3, 0.4) is 0 Å². The molecular formula is C15H20BrFN2O. The summed E-state index contributed by atoms with van der Waals surface area (Å²) in [6.07, 6.45) is 2.49. The number of carbonyl (C=O) groups is 1. The Morgan fingerprint density at radius 3 is 2.85 bits per heavy atom. The van der Waals surface area contributed by atoms with Gasteiger partial charge in [0, 0.05) is 35.1 Å². The molecule has 1 saturated carbocycles. The Hall–Kier alpha value is -0.940. The van der Waals surface area contributed by atoms with E-state index in [-0.39, 0.29) is 23.7 Å². The van der Waals surface area contributed by atoms with Crippen LogP contribution in [-0.2, 0) is 11.3 Å². The lowest BCUT2D eigenvalue weighted by molar-refractivity contribution is -0.135. The lowest BCUT2D eigenvalue weighted by atomic mass is 10.1. The zero-order chi connectivity index (χ0) is 14.7. The fourth-order valence-electron chi connectivity index (χ4n) is 2.71. The second kappa shape index (κ2) is 6.68. The molecule has 0 heterocycles. The van der Waals surface area contributed by atoms with Crippen LogP contribution in [-0.4, -0.2) is 23.4 Å². The normalized spacial score (nSPS) is 22.0. The highest BCUT2D eigenvalue weighted by Gasteiger charge is 2.30. The van der Waals surface area contributed by atoms with Crippen molar-refractivity contribution >= 4 is 21.8 Å². The summed E-state index contributed by atoms with van der Waals surface area (Å²) in [6, 6.07) is 4.94. The Morgan fingerprint density at radius 2 is 2.25 bits per heavy atom. The van der Waals surface area contributed by atoms with Crippen LogP contribution in [0.15, 0.2) is 22.7 Å². The number of nitrogens with zero attached hydrogens (tertiary/aromatic N) is 1. The first kappa shape index (κ1) is 15.4. The van der Waals surface area contributed by atoms with Gasteiger partial charge in [-0.15, -0.1) is 0 Å². The van der Waals surface area contributed by atoms with Crippen molar-refractivity contribution in [3.63, 3.8) is 0 Å². The van der Waals surface area contributed by atoms with Crippen LogP contribution >= 0.6 is 15.9 Å². The first-order valence-electron chi connectivity index (χ1n) is 6.99. The van der Waals surface area contributed by atoms with E-state index in [9.17, 15) is 9.18 Å². The average Bonchev–Trinajstić information content (AvgIpc) is 2.85. The third-order valence-corrected chi connectivity index (χ3v) is 4.38. The average molecular weight is 343 g/mol. The standard InChI is InChI=1S/C15H20BrFN2O/c1-2-19(15(20)10-3-5-13(18)8-10)9-11-7-12(16)4-6-14(11)17/h4,6-7,10,13H,2-3,5,8-9,18H2,1H3. The quantitative estimate of drug-likeness (QED) is 0.913. The van der Waals surface area contributed by atoms with Gasteiger partial charge in [-0.25, -0.2) is 4.39 Å². The number of halogens is 2. The Labute approximate surface area is 127 Å². The van der Waals surface area contributed by atoms with Crippen molar-refractivity contribution in [1.82, 2.24) is 4.90 Å². The molecule has 2 atom stereocenters. The van der Waals surface area contributed by atoms with Crippen molar-refractivity contribution in [2.45, 2.75) is 38.8 Å². The third-order valence-electron chi connectivity index (χ3n) is 3.88. The predicted molar refractivity (Wildman–Crippen MR) is 80.5 cm³/mol. The number of hydrogen-bond donors (Lipinski definition) is 1. The van der Waals surface area contributed by atoms with Gasteiger partial charge in [0.25, 0.3) is 0 Å².